The van der Waals surface area contributed by atoms with Crippen molar-refractivity contribution in [1.29, 1.82) is 0 Å². The Bertz CT molecular complexity index is 352. The van der Waals surface area contributed by atoms with Crippen LogP contribution in [0.15, 0.2) is 6.20 Å². The molecule has 1 aromatic rings. The van der Waals surface area contributed by atoms with Crippen LogP contribution >= 0.6 is 11.3 Å². The summed E-state index contributed by atoms with van der Waals surface area (Å²) < 4.78 is 36.2. The van der Waals surface area contributed by atoms with E-state index in [1.807, 2.05) is 0 Å². The lowest BCUT2D eigenvalue weighted by molar-refractivity contribution is -0.137. The van der Waals surface area contributed by atoms with Crippen molar-refractivity contribution in [3.63, 3.8) is 0 Å². The first-order chi connectivity index (χ1) is 8.40. The Morgan fingerprint density at radius 3 is 2.78 bits per heavy atom. The number of rotatable bonds is 7. The van der Waals surface area contributed by atoms with Gasteiger partial charge in [-0.3, -0.25) is 0 Å². The number of alkyl halides is 3. The van der Waals surface area contributed by atoms with Gasteiger partial charge < -0.3 is 10.2 Å². The maximum absolute atomic E-state index is 12.1. The van der Waals surface area contributed by atoms with Gasteiger partial charge in [0.1, 0.15) is 0 Å². The molecule has 0 saturated heterocycles. The number of hydrogen-bond acceptors (Lipinski definition) is 4. The molecule has 0 aliphatic carbocycles. The molecule has 0 spiro atoms. The SMILES string of the molecule is CCCNc1ncc(CN(C)CCC(F)(F)F)s1. The van der Waals surface area contributed by atoms with Crippen LogP contribution in [0.3, 0.4) is 0 Å². The number of anilines is 1. The van der Waals surface area contributed by atoms with Crippen molar-refractivity contribution in [1.82, 2.24) is 9.88 Å². The summed E-state index contributed by atoms with van der Waals surface area (Å²) in [6.07, 6.45) is -2.13. The Labute approximate surface area is 109 Å². The smallest absolute Gasteiger partial charge is 0.362 e. The molecule has 1 N–H and O–H groups in total. The van der Waals surface area contributed by atoms with E-state index in [-0.39, 0.29) is 6.54 Å². The van der Waals surface area contributed by atoms with Crippen molar-refractivity contribution in [3.8, 4) is 0 Å². The van der Waals surface area contributed by atoms with Gasteiger partial charge in [-0.25, -0.2) is 4.98 Å². The van der Waals surface area contributed by atoms with E-state index in [2.05, 4.69) is 17.2 Å². The van der Waals surface area contributed by atoms with Crippen LogP contribution < -0.4 is 5.32 Å². The molecule has 0 atom stereocenters. The maximum Gasteiger partial charge on any atom is 0.390 e. The first kappa shape index (κ1) is 15.2. The van der Waals surface area contributed by atoms with Crippen LogP contribution in [0.25, 0.3) is 0 Å². The van der Waals surface area contributed by atoms with Crippen LogP contribution in [0, 0.1) is 0 Å². The van der Waals surface area contributed by atoms with Crippen molar-refractivity contribution in [2.24, 2.45) is 0 Å². The van der Waals surface area contributed by atoms with Gasteiger partial charge in [0.25, 0.3) is 0 Å². The molecule has 1 rings (SSSR count). The van der Waals surface area contributed by atoms with Crippen molar-refractivity contribution in [3.05, 3.63) is 11.1 Å². The van der Waals surface area contributed by atoms with E-state index in [1.165, 1.54) is 11.3 Å². The summed E-state index contributed by atoms with van der Waals surface area (Å²) in [4.78, 5) is 6.80. The Morgan fingerprint density at radius 2 is 2.17 bits per heavy atom. The standard InChI is InChI=1S/C11H18F3N3S/c1-3-5-15-10-16-7-9(18-10)8-17(2)6-4-11(12,13)14/h7H,3-6,8H2,1-2H3,(H,15,16). The first-order valence-electron chi connectivity index (χ1n) is 5.84. The van der Waals surface area contributed by atoms with Gasteiger partial charge in [0, 0.05) is 30.7 Å². The third kappa shape index (κ3) is 6.20. The molecule has 104 valence electrons. The monoisotopic (exact) mass is 281 g/mol. The third-order valence-electron chi connectivity index (χ3n) is 2.28. The van der Waals surface area contributed by atoms with E-state index in [0.717, 1.165) is 23.0 Å². The van der Waals surface area contributed by atoms with Gasteiger partial charge in [-0.1, -0.05) is 6.92 Å². The van der Waals surface area contributed by atoms with Crippen molar-refractivity contribution in [2.45, 2.75) is 32.5 Å². The Morgan fingerprint density at radius 1 is 1.44 bits per heavy atom. The van der Waals surface area contributed by atoms with Crippen LogP contribution in [0.5, 0.6) is 0 Å². The molecular weight excluding hydrogens is 263 g/mol. The van der Waals surface area contributed by atoms with Gasteiger partial charge in [-0.15, -0.1) is 11.3 Å². The lowest BCUT2D eigenvalue weighted by atomic mass is 10.4. The van der Waals surface area contributed by atoms with Crippen LogP contribution in [0.4, 0.5) is 18.3 Å². The molecule has 0 radical (unpaired) electrons. The number of thiazole rings is 1. The lowest BCUT2D eigenvalue weighted by Gasteiger charge is -2.16. The fraction of sp³-hybridized carbons (Fsp3) is 0.727. The van der Waals surface area contributed by atoms with E-state index >= 15 is 0 Å². The number of halogens is 3. The fourth-order valence-electron chi connectivity index (χ4n) is 1.36. The molecule has 0 aliphatic rings. The minimum Gasteiger partial charge on any atom is -0.362 e. The highest BCUT2D eigenvalue weighted by molar-refractivity contribution is 7.15. The molecule has 0 fully saturated rings. The van der Waals surface area contributed by atoms with E-state index in [1.54, 1.807) is 18.1 Å². The van der Waals surface area contributed by atoms with Gasteiger partial charge in [0.05, 0.1) is 6.42 Å². The second kappa shape index (κ2) is 6.94. The maximum atomic E-state index is 12.1. The second-order valence-corrected chi connectivity index (χ2v) is 5.28. The Kier molecular flexibility index (Phi) is 5.87. The highest BCUT2D eigenvalue weighted by Crippen LogP contribution is 2.22. The Balaban J connectivity index is 2.35. The lowest BCUT2D eigenvalue weighted by Crippen LogP contribution is -2.23. The second-order valence-electron chi connectivity index (χ2n) is 4.16. The zero-order valence-corrected chi connectivity index (χ0v) is 11.4. The van der Waals surface area contributed by atoms with Crippen LogP contribution in [-0.4, -0.2) is 36.2 Å². The molecule has 0 amide bonds. The van der Waals surface area contributed by atoms with E-state index in [0.29, 0.717) is 6.54 Å². The molecule has 0 aromatic carbocycles. The van der Waals surface area contributed by atoms with Gasteiger partial charge in [0.2, 0.25) is 0 Å². The molecule has 0 saturated carbocycles. The van der Waals surface area contributed by atoms with Crippen LogP contribution in [-0.2, 0) is 6.54 Å². The molecule has 1 aromatic heterocycles. The zero-order valence-electron chi connectivity index (χ0n) is 10.5. The van der Waals surface area contributed by atoms with Gasteiger partial charge in [0.15, 0.2) is 5.13 Å². The van der Waals surface area contributed by atoms with Gasteiger partial charge >= 0.3 is 6.18 Å². The summed E-state index contributed by atoms with van der Waals surface area (Å²) in [5.41, 5.74) is 0. The Hall–Kier alpha value is -0.820. The summed E-state index contributed by atoms with van der Waals surface area (Å²) in [6.45, 7) is 3.43. The number of hydrogen-bond donors (Lipinski definition) is 1. The highest BCUT2D eigenvalue weighted by atomic mass is 32.1. The molecule has 7 heteroatoms. The summed E-state index contributed by atoms with van der Waals surface area (Å²) in [5, 5.41) is 3.98. The molecule has 0 bridgehead atoms. The zero-order chi connectivity index (χ0) is 13.6. The molecular formula is C11H18F3N3S. The summed E-state index contributed by atoms with van der Waals surface area (Å²) in [5.74, 6) is 0. The molecule has 18 heavy (non-hydrogen) atoms. The van der Waals surface area contributed by atoms with E-state index in [9.17, 15) is 13.2 Å². The van der Waals surface area contributed by atoms with Crippen LogP contribution in [0.2, 0.25) is 0 Å². The third-order valence-corrected chi connectivity index (χ3v) is 3.22. The number of nitrogens with zero attached hydrogens (tertiary/aromatic N) is 2. The average Bonchev–Trinajstić information content (AvgIpc) is 2.70. The fourth-order valence-corrected chi connectivity index (χ4v) is 2.28. The minimum atomic E-state index is -4.09. The topological polar surface area (TPSA) is 28.2 Å². The van der Waals surface area contributed by atoms with Gasteiger partial charge in [-0.05, 0) is 13.5 Å². The summed E-state index contributed by atoms with van der Waals surface area (Å²) in [6, 6.07) is 0. The highest BCUT2D eigenvalue weighted by Gasteiger charge is 2.27. The average molecular weight is 281 g/mol. The van der Waals surface area contributed by atoms with Crippen molar-refractivity contribution < 1.29 is 13.2 Å². The van der Waals surface area contributed by atoms with Crippen molar-refractivity contribution >= 4 is 16.5 Å². The predicted octanol–water partition coefficient (Wildman–Crippen LogP) is 3.35. The predicted molar refractivity (Wildman–Crippen MR) is 67.9 cm³/mol. The summed E-state index contributed by atoms with van der Waals surface area (Å²) >= 11 is 1.49. The molecule has 1 heterocycles. The normalized spacial score (nSPS) is 12.1. The largest absolute Gasteiger partial charge is 0.390 e. The quantitative estimate of drug-likeness (QED) is 0.830. The number of aromatic nitrogens is 1. The summed E-state index contributed by atoms with van der Waals surface area (Å²) in [7, 11) is 1.69. The minimum absolute atomic E-state index is 0.0130. The number of nitrogens with one attached hydrogen (secondary N) is 1. The molecule has 0 unspecified atom stereocenters. The molecule has 0 aliphatic heterocycles. The molecule has 3 nitrogen and oxygen atoms in total. The van der Waals surface area contributed by atoms with Gasteiger partial charge in [-0.2, -0.15) is 13.2 Å². The van der Waals surface area contributed by atoms with E-state index in [4.69, 9.17) is 0 Å². The van der Waals surface area contributed by atoms with E-state index < -0.39 is 12.6 Å². The van der Waals surface area contributed by atoms with Crippen LogP contribution in [0.1, 0.15) is 24.6 Å². The van der Waals surface area contributed by atoms with Crippen molar-refractivity contribution in [2.75, 3.05) is 25.5 Å². The first-order valence-corrected chi connectivity index (χ1v) is 6.66.